The summed E-state index contributed by atoms with van der Waals surface area (Å²) in [5.41, 5.74) is 5.63. The Morgan fingerprint density at radius 1 is 1.04 bits per heavy atom. The predicted molar refractivity (Wildman–Crippen MR) is 109 cm³/mol. The number of carbonyl (C=O) groups is 1. The van der Waals surface area contributed by atoms with Crippen molar-refractivity contribution in [1.29, 1.82) is 0 Å². The summed E-state index contributed by atoms with van der Waals surface area (Å²) >= 11 is 0. The van der Waals surface area contributed by atoms with E-state index in [0.29, 0.717) is 22.8 Å². The van der Waals surface area contributed by atoms with E-state index in [1.54, 1.807) is 39.3 Å². The van der Waals surface area contributed by atoms with Crippen LogP contribution in [0.1, 0.15) is 36.7 Å². The fourth-order valence-corrected chi connectivity index (χ4v) is 2.77. The lowest BCUT2D eigenvalue weighted by molar-refractivity contribution is 0.0955. The number of ether oxygens (including phenoxy) is 2. The Labute approximate surface area is 160 Å². The Morgan fingerprint density at radius 3 is 2.26 bits per heavy atom. The van der Waals surface area contributed by atoms with E-state index in [4.69, 9.17) is 9.47 Å². The molecule has 2 aromatic carbocycles. The zero-order valence-electron chi connectivity index (χ0n) is 16.6. The van der Waals surface area contributed by atoms with Gasteiger partial charge in [0.25, 0.3) is 5.91 Å². The third kappa shape index (κ3) is 5.00. The van der Waals surface area contributed by atoms with Crippen molar-refractivity contribution < 1.29 is 14.3 Å². The zero-order chi connectivity index (χ0) is 19.8. The molecule has 0 aliphatic carbocycles. The molecule has 6 nitrogen and oxygen atoms in total. The van der Waals surface area contributed by atoms with E-state index in [0.717, 1.165) is 24.3 Å². The standard InChI is InChI=1S/C21H27N3O3/c1-6-24(7-2)17-10-8-16(9-11-17)21(25)23-22-15(3)19-14-18(26-4)12-13-20(19)27-5/h8-14H,6-7H2,1-5H3,(H,23,25)/b22-15-. The molecule has 0 aromatic heterocycles. The van der Waals surface area contributed by atoms with Gasteiger partial charge in [0.2, 0.25) is 0 Å². The van der Waals surface area contributed by atoms with Crippen LogP contribution in [0, 0.1) is 0 Å². The SMILES string of the molecule is CCN(CC)c1ccc(C(=O)N/N=C(/C)c2cc(OC)ccc2OC)cc1. The van der Waals surface area contributed by atoms with Crippen LogP contribution in [-0.4, -0.2) is 38.9 Å². The van der Waals surface area contributed by atoms with Crippen LogP contribution in [0.3, 0.4) is 0 Å². The molecular weight excluding hydrogens is 342 g/mol. The summed E-state index contributed by atoms with van der Waals surface area (Å²) in [6, 6.07) is 12.9. The summed E-state index contributed by atoms with van der Waals surface area (Å²) in [5.74, 6) is 1.09. The number of carbonyl (C=O) groups excluding carboxylic acids is 1. The number of amides is 1. The Balaban J connectivity index is 2.14. The van der Waals surface area contributed by atoms with Crippen molar-refractivity contribution in [2.75, 3.05) is 32.2 Å². The fourth-order valence-electron chi connectivity index (χ4n) is 2.77. The number of rotatable bonds is 8. The highest BCUT2D eigenvalue weighted by atomic mass is 16.5. The van der Waals surface area contributed by atoms with Crippen molar-refractivity contribution in [3.8, 4) is 11.5 Å². The molecule has 0 fully saturated rings. The van der Waals surface area contributed by atoms with Crippen molar-refractivity contribution in [3.05, 3.63) is 53.6 Å². The number of hydrogen-bond donors (Lipinski definition) is 1. The first-order valence-corrected chi connectivity index (χ1v) is 8.96. The van der Waals surface area contributed by atoms with E-state index in [2.05, 4.69) is 29.3 Å². The quantitative estimate of drug-likeness (QED) is 0.569. The van der Waals surface area contributed by atoms with Gasteiger partial charge in [0.05, 0.1) is 19.9 Å². The van der Waals surface area contributed by atoms with Gasteiger partial charge in [-0.3, -0.25) is 4.79 Å². The van der Waals surface area contributed by atoms with Crippen LogP contribution in [0.5, 0.6) is 11.5 Å². The Morgan fingerprint density at radius 2 is 1.70 bits per heavy atom. The monoisotopic (exact) mass is 369 g/mol. The van der Waals surface area contributed by atoms with Gasteiger partial charge < -0.3 is 14.4 Å². The number of hydrogen-bond acceptors (Lipinski definition) is 5. The Bertz CT molecular complexity index is 797. The molecule has 2 rings (SSSR count). The van der Waals surface area contributed by atoms with E-state index in [9.17, 15) is 4.79 Å². The van der Waals surface area contributed by atoms with Gasteiger partial charge in [-0.25, -0.2) is 5.43 Å². The highest BCUT2D eigenvalue weighted by Gasteiger charge is 2.10. The first-order valence-electron chi connectivity index (χ1n) is 8.96. The number of benzene rings is 2. The molecule has 0 spiro atoms. The van der Waals surface area contributed by atoms with Crippen molar-refractivity contribution >= 4 is 17.3 Å². The largest absolute Gasteiger partial charge is 0.497 e. The second-order valence-corrected chi connectivity index (χ2v) is 5.92. The van der Waals surface area contributed by atoms with Crippen LogP contribution < -0.4 is 19.8 Å². The summed E-state index contributed by atoms with van der Waals surface area (Å²) in [7, 11) is 3.19. The number of methoxy groups -OCH3 is 2. The molecule has 0 atom stereocenters. The fraction of sp³-hybridized carbons (Fsp3) is 0.333. The molecule has 27 heavy (non-hydrogen) atoms. The third-order valence-electron chi connectivity index (χ3n) is 4.38. The lowest BCUT2D eigenvalue weighted by Crippen LogP contribution is -2.22. The van der Waals surface area contributed by atoms with Gasteiger partial charge in [-0.2, -0.15) is 5.10 Å². The third-order valence-corrected chi connectivity index (χ3v) is 4.38. The zero-order valence-corrected chi connectivity index (χ0v) is 16.6. The second kappa shape index (κ2) is 9.62. The first kappa shape index (κ1) is 20.3. The summed E-state index contributed by atoms with van der Waals surface area (Å²) in [5, 5.41) is 4.22. The average Bonchev–Trinajstić information content (AvgIpc) is 2.72. The van der Waals surface area contributed by atoms with Crippen LogP contribution in [0.15, 0.2) is 47.6 Å². The molecule has 0 unspecified atom stereocenters. The number of nitrogens with one attached hydrogen (secondary N) is 1. The molecule has 0 saturated heterocycles. The topological polar surface area (TPSA) is 63.2 Å². The Hall–Kier alpha value is -3.02. The van der Waals surface area contributed by atoms with E-state index < -0.39 is 0 Å². The van der Waals surface area contributed by atoms with Gasteiger partial charge in [0.1, 0.15) is 11.5 Å². The van der Waals surface area contributed by atoms with Crippen LogP contribution in [-0.2, 0) is 0 Å². The smallest absolute Gasteiger partial charge is 0.271 e. The van der Waals surface area contributed by atoms with Gasteiger partial charge in [0.15, 0.2) is 0 Å². The second-order valence-electron chi connectivity index (χ2n) is 5.92. The van der Waals surface area contributed by atoms with Crippen molar-refractivity contribution in [1.82, 2.24) is 5.43 Å². The molecular formula is C21H27N3O3. The van der Waals surface area contributed by atoms with Crippen molar-refractivity contribution in [2.45, 2.75) is 20.8 Å². The molecule has 1 amide bonds. The van der Waals surface area contributed by atoms with E-state index in [1.807, 2.05) is 24.3 Å². The Kier molecular flexibility index (Phi) is 7.23. The van der Waals surface area contributed by atoms with Crippen LogP contribution >= 0.6 is 0 Å². The first-order chi connectivity index (χ1) is 13.0. The van der Waals surface area contributed by atoms with Gasteiger partial charge in [-0.05, 0) is 63.2 Å². The average molecular weight is 369 g/mol. The number of hydrazone groups is 1. The molecule has 0 saturated carbocycles. The lowest BCUT2D eigenvalue weighted by atomic mass is 10.1. The highest BCUT2D eigenvalue weighted by molar-refractivity contribution is 6.03. The maximum Gasteiger partial charge on any atom is 0.271 e. The van der Waals surface area contributed by atoms with Gasteiger partial charge in [-0.1, -0.05) is 0 Å². The molecule has 0 heterocycles. The van der Waals surface area contributed by atoms with Crippen LogP contribution in [0.4, 0.5) is 5.69 Å². The molecule has 144 valence electrons. The number of nitrogens with zero attached hydrogens (tertiary/aromatic N) is 2. The van der Waals surface area contributed by atoms with E-state index in [1.165, 1.54) is 0 Å². The molecule has 0 radical (unpaired) electrons. The van der Waals surface area contributed by atoms with Crippen molar-refractivity contribution in [3.63, 3.8) is 0 Å². The lowest BCUT2D eigenvalue weighted by Gasteiger charge is -2.20. The summed E-state index contributed by atoms with van der Waals surface area (Å²) < 4.78 is 10.6. The van der Waals surface area contributed by atoms with E-state index in [-0.39, 0.29) is 5.91 Å². The summed E-state index contributed by atoms with van der Waals surface area (Å²) in [6.07, 6.45) is 0. The van der Waals surface area contributed by atoms with E-state index >= 15 is 0 Å². The van der Waals surface area contributed by atoms with Crippen LogP contribution in [0.25, 0.3) is 0 Å². The molecule has 1 N–H and O–H groups in total. The van der Waals surface area contributed by atoms with Gasteiger partial charge >= 0.3 is 0 Å². The molecule has 0 aliphatic rings. The minimum atomic E-state index is -0.262. The minimum absolute atomic E-state index is 0.262. The van der Waals surface area contributed by atoms with Crippen molar-refractivity contribution in [2.24, 2.45) is 5.10 Å². The molecule has 0 bridgehead atoms. The summed E-state index contributed by atoms with van der Waals surface area (Å²) in [6.45, 7) is 7.87. The maximum absolute atomic E-state index is 12.4. The maximum atomic E-state index is 12.4. The molecule has 0 aliphatic heterocycles. The molecule has 6 heteroatoms. The highest BCUT2D eigenvalue weighted by Crippen LogP contribution is 2.24. The predicted octanol–water partition coefficient (Wildman–Crippen LogP) is 3.70. The summed E-state index contributed by atoms with van der Waals surface area (Å²) in [4.78, 5) is 14.6. The molecule has 2 aromatic rings. The normalized spacial score (nSPS) is 11.1. The van der Waals surface area contributed by atoms with Crippen LogP contribution in [0.2, 0.25) is 0 Å². The number of anilines is 1. The minimum Gasteiger partial charge on any atom is -0.497 e. The van der Waals surface area contributed by atoms with Gasteiger partial charge in [-0.15, -0.1) is 0 Å². The van der Waals surface area contributed by atoms with Gasteiger partial charge in [0, 0.05) is 29.9 Å².